The van der Waals surface area contributed by atoms with Crippen molar-refractivity contribution in [1.82, 2.24) is 19.7 Å². The minimum Gasteiger partial charge on any atom is -0.301 e. The molecule has 3 rings (SSSR count). The Morgan fingerprint density at radius 3 is 2.88 bits per heavy atom. The van der Waals surface area contributed by atoms with Crippen molar-refractivity contribution in [2.24, 2.45) is 7.05 Å². The van der Waals surface area contributed by atoms with Crippen LogP contribution in [0.15, 0.2) is 24.3 Å². The van der Waals surface area contributed by atoms with Gasteiger partial charge in [0.1, 0.15) is 0 Å². The van der Waals surface area contributed by atoms with Crippen molar-refractivity contribution in [3.05, 3.63) is 29.0 Å². The van der Waals surface area contributed by atoms with E-state index in [2.05, 4.69) is 21.2 Å². The highest BCUT2D eigenvalue weighted by molar-refractivity contribution is 7.71. The highest BCUT2D eigenvalue weighted by Crippen LogP contribution is 2.28. The molecule has 0 atom stereocenters. The largest absolute Gasteiger partial charge is 0.301 e. The van der Waals surface area contributed by atoms with Gasteiger partial charge in [-0.3, -0.25) is 5.10 Å². The van der Waals surface area contributed by atoms with Crippen LogP contribution in [0, 0.1) is 4.77 Å². The SMILES string of the molecule is Cn1c(-c2nc3ccccc3s2)n[nH]c1=S. The molecule has 6 heteroatoms. The van der Waals surface area contributed by atoms with Gasteiger partial charge in [-0.15, -0.1) is 11.3 Å². The molecule has 0 aliphatic carbocycles. The molecule has 0 amide bonds. The molecule has 0 aliphatic rings. The molecule has 0 unspecified atom stereocenters. The number of thiazole rings is 1. The predicted molar refractivity (Wildman–Crippen MR) is 67.0 cm³/mol. The number of H-pyrrole nitrogens is 1. The van der Waals surface area contributed by atoms with Crippen molar-refractivity contribution in [3.8, 4) is 10.8 Å². The maximum absolute atomic E-state index is 5.08. The number of aromatic nitrogens is 4. The molecule has 0 radical (unpaired) electrons. The topological polar surface area (TPSA) is 46.5 Å². The first-order valence-corrected chi connectivity index (χ1v) is 5.95. The quantitative estimate of drug-likeness (QED) is 0.674. The van der Waals surface area contributed by atoms with Crippen LogP contribution in [-0.2, 0) is 7.05 Å². The van der Waals surface area contributed by atoms with Crippen molar-refractivity contribution in [3.63, 3.8) is 0 Å². The van der Waals surface area contributed by atoms with E-state index >= 15 is 0 Å². The third-order valence-corrected chi connectivity index (χ3v) is 3.76. The summed E-state index contributed by atoms with van der Waals surface area (Å²) in [6.45, 7) is 0. The minimum absolute atomic E-state index is 0.606. The molecule has 0 spiro atoms. The van der Waals surface area contributed by atoms with Crippen LogP contribution in [0.1, 0.15) is 0 Å². The van der Waals surface area contributed by atoms with Crippen molar-refractivity contribution in [2.45, 2.75) is 0 Å². The third kappa shape index (κ3) is 1.38. The lowest BCUT2D eigenvalue weighted by Crippen LogP contribution is -1.91. The van der Waals surface area contributed by atoms with Crippen molar-refractivity contribution in [2.75, 3.05) is 0 Å². The maximum Gasteiger partial charge on any atom is 0.195 e. The summed E-state index contributed by atoms with van der Waals surface area (Å²) in [6, 6.07) is 8.04. The molecule has 0 bridgehead atoms. The van der Waals surface area contributed by atoms with Crippen LogP contribution in [0.25, 0.3) is 21.0 Å². The van der Waals surface area contributed by atoms with Gasteiger partial charge in [-0.2, -0.15) is 5.10 Å². The van der Waals surface area contributed by atoms with Gasteiger partial charge in [-0.05, 0) is 24.4 Å². The smallest absolute Gasteiger partial charge is 0.195 e. The zero-order chi connectivity index (χ0) is 11.1. The fourth-order valence-electron chi connectivity index (χ4n) is 1.51. The Balaban J connectivity index is 2.26. The lowest BCUT2D eigenvalue weighted by atomic mass is 10.3. The van der Waals surface area contributed by atoms with Crippen LogP contribution < -0.4 is 0 Å². The summed E-state index contributed by atoms with van der Waals surface area (Å²) in [4.78, 5) is 4.53. The number of benzene rings is 1. The Morgan fingerprint density at radius 2 is 2.19 bits per heavy atom. The molecular weight excluding hydrogens is 240 g/mol. The number of rotatable bonds is 1. The number of hydrogen-bond acceptors (Lipinski definition) is 4. The number of nitrogens with one attached hydrogen (secondary N) is 1. The predicted octanol–water partition coefficient (Wildman–Crippen LogP) is 2.75. The van der Waals surface area contributed by atoms with Gasteiger partial charge < -0.3 is 4.57 Å². The monoisotopic (exact) mass is 248 g/mol. The Morgan fingerprint density at radius 1 is 1.38 bits per heavy atom. The van der Waals surface area contributed by atoms with Gasteiger partial charge in [0.2, 0.25) is 0 Å². The molecule has 0 saturated heterocycles. The van der Waals surface area contributed by atoms with E-state index in [9.17, 15) is 0 Å². The molecule has 4 nitrogen and oxygen atoms in total. The van der Waals surface area contributed by atoms with Crippen LogP contribution in [-0.4, -0.2) is 19.7 Å². The minimum atomic E-state index is 0.606. The second kappa shape index (κ2) is 3.50. The second-order valence-corrected chi connectivity index (χ2v) is 4.82. The van der Waals surface area contributed by atoms with Crippen LogP contribution in [0.4, 0.5) is 0 Å². The summed E-state index contributed by atoms with van der Waals surface area (Å²) in [5.41, 5.74) is 0.997. The van der Waals surface area contributed by atoms with E-state index in [-0.39, 0.29) is 0 Å². The van der Waals surface area contributed by atoms with Crippen LogP contribution in [0.3, 0.4) is 0 Å². The molecule has 0 fully saturated rings. The van der Waals surface area contributed by atoms with Gasteiger partial charge in [0.05, 0.1) is 10.2 Å². The first-order chi connectivity index (χ1) is 7.75. The zero-order valence-electron chi connectivity index (χ0n) is 8.47. The van der Waals surface area contributed by atoms with E-state index in [1.54, 1.807) is 11.3 Å². The van der Waals surface area contributed by atoms with Crippen LogP contribution >= 0.6 is 23.6 Å². The van der Waals surface area contributed by atoms with Crippen molar-refractivity contribution in [1.29, 1.82) is 0 Å². The number of aromatic amines is 1. The first-order valence-electron chi connectivity index (χ1n) is 4.73. The summed E-state index contributed by atoms with van der Waals surface area (Å²) >= 11 is 6.69. The number of fused-ring (bicyclic) bond motifs is 1. The molecule has 2 heterocycles. The molecule has 1 N–H and O–H groups in total. The van der Waals surface area contributed by atoms with Gasteiger partial charge in [0.15, 0.2) is 15.6 Å². The van der Waals surface area contributed by atoms with E-state index in [1.807, 2.05) is 29.8 Å². The molecule has 3 aromatic rings. The van der Waals surface area contributed by atoms with E-state index in [0.29, 0.717) is 4.77 Å². The molecular formula is C10H8N4S2. The van der Waals surface area contributed by atoms with Gasteiger partial charge in [-0.1, -0.05) is 12.1 Å². The summed E-state index contributed by atoms with van der Waals surface area (Å²) in [5, 5.41) is 7.82. The molecule has 0 aliphatic heterocycles. The highest BCUT2D eigenvalue weighted by atomic mass is 32.1. The zero-order valence-corrected chi connectivity index (χ0v) is 10.1. The third-order valence-electron chi connectivity index (χ3n) is 2.36. The van der Waals surface area contributed by atoms with E-state index in [4.69, 9.17) is 12.2 Å². The fraction of sp³-hybridized carbons (Fsp3) is 0.100. The molecule has 1 aromatic carbocycles. The first kappa shape index (κ1) is 9.68. The standard InChI is InChI=1S/C10H8N4S2/c1-14-8(12-13-10(14)15)9-11-6-4-2-3-5-7(6)16-9/h2-5H,1H3,(H,13,15). The van der Waals surface area contributed by atoms with Crippen LogP contribution in [0.2, 0.25) is 0 Å². The second-order valence-electron chi connectivity index (χ2n) is 3.40. The van der Waals surface area contributed by atoms with Gasteiger partial charge in [0.25, 0.3) is 0 Å². The van der Waals surface area contributed by atoms with Crippen LogP contribution in [0.5, 0.6) is 0 Å². The average Bonchev–Trinajstić information content (AvgIpc) is 2.84. The Bertz CT molecular complexity index is 674. The Hall–Kier alpha value is -1.53. The van der Waals surface area contributed by atoms with E-state index in [1.165, 1.54) is 0 Å². The van der Waals surface area contributed by atoms with Gasteiger partial charge in [-0.25, -0.2) is 4.98 Å². The van der Waals surface area contributed by atoms with Gasteiger partial charge in [0, 0.05) is 7.05 Å². The summed E-state index contributed by atoms with van der Waals surface area (Å²) in [6.07, 6.45) is 0. The Kier molecular flexibility index (Phi) is 2.12. The number of para-hydroxylation sites is 1. The normalized spacial score (nSPS) is 11.1. The fourth-order valence-corrected chi connectivity index (χ4v) is 2.63. The number of hydrogen-bond donors (Lipinski definition) is 1. The summed E-state index contributed by atoms with van der Waals surface area (Å²) < 4.78 is 3.59. The molecule has 80 valence electrons. The molecule has 16 heavy (non-hydrogen) atoms. The number of nitrogens with zero attached hydrogens (tertiary/aromatic N) is 3. The highest BCUT2D eigenvalue weighted by Gasteiger charge is 2.10. The maximum atomic E-state index is 5.08. The molecule has 0 saturated carbocycles. The summed E-state index contributed by atoms with van der Waals surface area (Å²) in [5.74, 6) is 0.784. The lowest BCUT2D eigenvalue weighted by molar-refractivity contribution is 0.901. The van der Waals surface area contributed by atoms with E-state index < -0.39 is 0 Å². The summed E-state index contributed by atoms with van der Waals surface area (Å²) in [7, 11) is 1.88. The lowest BCUT2D eigenvalue weighted by Gasteiger charge is -1.92. The van der Waals surface area contributed by atoms with E-state index in [0.717, 1.165) is 21.0 Å². The Labute approximate surface area is 101 Å². The van der Waals surface area contributed by atoms with Crippen molar-refractivity contribution < 1.29 is 0 Å². The van der Waals surface area contributed by atoms with Gasteiger partial charge >= 0.3 is 0 Å². The molecule has 2 aromatic heterocycles. The average molecular weight is 248 g/mol. The van der Waals surface area contributed by atoms with Crippen molar-refractivity contribution >= 4 is 33.8 Å².